The highest BCUT2D eigenvalue weighted by Crippen LogP contribution is 2.33. The molecule has 2 saturated carbocycles. The number of carbonyl (C=O) groups is 1. The summed E-state index contributed by atoms with van der Waals surface area (Å²) in [5.41, 5.74) is 6.69. The maximum atomic E-state index is 13.2. The molecule has 0 unspecified atom stereocenters. The second-order valence-electron chi connectivity index (χ2n) is 8.44. The number of benzene rings is 1. The number of hydrogen-bond donors (Lipinski definition) is 3. The number of aromatic nitrogens is 2. The number of nitrogens with two attached hydrogens (primary N) is 1. The lowest BCUT2D eigenvalue weighted by molar-refractivity contribution is -0.110. The molecule has 0 spiro atoms. The van der Waals surface area contributed by atoms with Crippen LogP contribution in [0.15, 0.2) is 46.4 Å². The summed E-state index contributed by atoms with van der Waals surface area (Å²) in [7, 11) is -3.35. The van der Waals surface area contributed by atoms with E-state index in [1.165, 1.54) is 23.5 Å². The largest absolute Gasteiger partial charge is 0.393 e. The summed E-state index contributed by atoms with van der Waals surface area (Å²) in [5.74, 6) is -0.215. The number of anilines is 2. The lowest BCUT2D eigenvalue weighted by Gasteiger charge is -2.11. The average molecular weight is 502 g/mol. The van der Waals surface area contributed by atoms with Gasteiger partial charge in [-0.05, 0) is 49.9 Å². The second kappa shape index (κ2) is 8.93. The Morgan fingerprint density at radius 3 is 2.56 bits per heavy atom. The number of nitrogens with one attached hydrogen (secondary N) is 1. The molecule has 10 nitrogen and oxygen atoms in total. The van der Waals surface area contributed by atoms with Gasteiger partial charge in [0.25, 0.3) is 5.91 Å². The van der Waals surface area contributed by atoms with Gasteiger partial charge < -0.3 is 15.7 Å². The van der Waals surface area contributed by atoms with Gasteiger partial charge in [-0.2, -0.15) is 0 Å². The fraction of sp³-hybridized carbons (Fsp3) is 0.364. The van der Waals surface area contributed by atoms with Crippen LogP contribution in [-0.4, -0.2) is 52.6 Å². The van der Waals surface area contributed by atoms with Crippen LogP contribution in [0.2, 0.25) is 0 Å². The summed E-state index contributed by atoms with van der Waals surface area (Å²) in [5, 5.41) is 16.5. The highest BCUT2D eigenvalue weighted by molar-refractivity contribution is 7.92. The van der Waals surface area contributed by atoms with Crippen molar-refractivity contribution in [3.05, 3.63) is 42.0 Å². The SMILES string of the molecule is Nc1ccc2nc(NC(=O)/C(=N/O[C@@H]3CC[C@@H](O)C3)c3ccc(S(=O)(=O)C4CC4)cc3)sc2n1. The second-order valence-corrected chi connectivity index (χ2v) is 11.6. The van der Waals surface area contributed by atoms with Crippen molar-refractivity contribution in [3.63, 3.8) is 0 Å². The lowest BCUT2D eigenvalue weighted by Crippen LogP contribution is -2.25. The van der Waals surface area contributed by atoms with E-state index in [-0.39, 0.29) is 22.0 Å². The van der Waals surface area contributed by atoms with Crippen molar-refractivity contribution < 1.29 is 23.2 Å². The third-order valence-electron chi connectivity index (χ3n) is 5.78. The summed E-state index contributed by atoms with van der Waals surface area (Å²) >= 11 is 1.17. The molecule has 4 N–H and O–H groups in total. The topological polar surface area (TPSA) is 157 Å². The molecule has 0 radical (unpaired) electrons. The van der Waals surface area contributed by atoms with Gasteiger partial charge in [0.1, 0.15) is 22.3 Å². The molecule has 0 aliphatic heterocycles. The van der Waals surface area contributed by atoms with E-state index in [0.29, 0.717) is 59.0 Å². The van der Waals surface area contributed by atoms with Gasteiger partial charge >= 0.3 is 0 Å². The van der Waals surface area contributed by atoms with Crippen LogP contribution >= 0.6 is 11.3 Å². The van der Waals surface area contributed by atoms with Gasteiger partial charge in [0, 0.05) is 12.0 Å². The van der Waals surface area contributed by atoms with Crippen molar-refractivity contribution in [2.75, 3.05) is 11.1 Å². The quantitative estimate of drug-likeness (QED) is 0.329. The number of rotatable bonds is 7. The van der Waals surface area contributed by atoms with Crippen LogP contribution in [0.5, 0.6) is 0 Å². The van der Waals surface area contributed by atoms with E-state index in [0.717, 1.165) is 0 Å². The van der Waals surface area contributed by atoms with E-state index in [2.05, 4.69) is 20.4 Å². The van der Waals surface area contributed by atoms with E-state index in [1.807, 2.05) is 0 Å². The Balaban J connectivity index is 1.41. The number of fused-ring (bicyclic) bond motifs is 1. The van der Waals surface area contributed by atoms with E-state index >= 15 is 0 Å². The van der Waals surface area contributed by atoms with E-state index < -0.39 is 21.8 Å². The Labute approximate surface area is 199 Å². The van der Waals surface area contributed by atoms with Crippen LogP contribution in [0.25, 0.3) is 10.3 Å². The number of nitrogen functional groups attached to an aromatic ring is 1. The van der Waals surface area contributed by atoms with Gasteiger partial charge in [-0.1, -0.05) is 28.6 Å². The Kier molecular flexibility index (Phi) is 5.96. The molecule has 2 aromatic heterocycles. The van der Waals surface area contributed by atoms with E-state index in [1.54, 1.807) is 24.3 Å². The molecule has 2 heterocycles. The normalized spacial score (nSPS) is 21.0. The Bertz CT molecular complexity index is 1370. The van der Waals surface area contributed by atoms with E-state index in [4.69, 9.17) is 10.6 Å². The minimum absolute atomic E-state index is 0.0245. The van der Waals surface area contributed by atoms with Crippen molar-refractivity contribution in [1.29, 1.82) is 0 Å². The van der Waals surface area contributed by atoms with Gasteiger partial charge in [0.15, 0.2) is 20.7 Å². The molecule has 34 heavy (non-hydrogen) atoms. The summed E-state index contributed by atoms with van der Waals surface area (Å²) in [6, 6.07) is 9.39. The number of aliphatic hydroxyl groups excluding tert-OH is 1. The lowest BCUT2D eigenvalue weighted by atomic mass is 10.1. The number of nitrogens with zero attached hydrogens (tertiary/aromatic N) is 3. The summed E-state index contributed by atoms with van der Waals surface area (Å²) in [6.45, 7) is 0. The number of hydrogen-bond acceptors (Lipinski definition) is 10. The number of carbonyl (C=O) groups excluding carboxylic acids is 1. The fourth-order valence-electron chi connectivity index (χ4n) is 3.78. The van der Waals surface area contributed by atoms with Crippen molar-refractivity contribution in [2.45, 2.75) is 54.5 Å². The number of thiazole rings is 1. The number of sulfone groups is 1. The number of aliphatic hydroxyl groups is 1. The number of amides is 1. The molecule has 2 atom stereocenters. The summed E-state index contributed by atoms with van der Waals surface area (Å²) < 4.78 is 25.0. The minimum Gasteiger partial charge on any atom is -0.393 e. The van der Waals surface area contributed by atoms with Gasteiger partial charge in [-0.3, -0.25) is 10.1 Å². The fourth-order valence-corrected chi connectivity index (χ4v) is 6.28. The maximum Gasteiger partial charge on any atom is 0.280 e. The first-order chi connectivity index (χ1) is 16.3. The van der Waals surface area contributed by atoms with Gasteiger partial charge in [-0.15, -0.1) is 0 Å². The van der Waals surface area contributed by atoms with Crippen molar-refractivity contribution in [1.82, 2.24) is 9.97 Å². The molecule has 3 aromatic rings. The highest BCUT2D eigenvalue weighted by Gasteiger charge is 2.37. The zero-order chi connectivity index (χ0) is 23.9. The first-order valence-corrected chi connectivity index (χ1v) is 13.3. The van der Waals surface area contributed by atoms with Crippen LogP contribution in [0.1, 0.15) is 37.7 Å². The molecule has 5 rings (SSSR count). The van der Waals surface area contributed by atoms with Crippen LogP contribution in [0, 0.1) is 0 Å². The molecule has 178 valence electrons. The molecule has 2 aliphatic carbocycles. The third kappa shape index (κ3) is 4.74. The number of pyridine rings is 1. The predicted octanol–water partition coefficient (Wildman–Crippen LogP) is 2.48. The van der Waals surface area contributed by atoms with Crippen LogP contribution in [0.3, 0.4) is 0 Å². The van der Waals surface area contributed by atoms with E-state index in [9.17, 15) is 18.3 Å². The minimum atomic E-state index is -3.35. The molecule has 12 heteroatoms. The van der Waals surface area contributed by atoms with Crippen LogP contribution in [0.4, 0.5) is 10.9 Å². The van der Waals surface area contributed by atoms with Crippen molar-refractivity contribution in [2.24, 2.45) is 5.16 Å². The molecular formula is C22H23N5O5S2. The van der Waals surface area contributed by atoms with Gasteiger partial charge in [0.2, 0.25) is 0 Å². The monoisotopic (exact) mass is 501 g/mol. The average Bonchev–Trinajstić information content (AvgIpc) is 3.49. The molecule has 0 bridgehead atoms. The maximum absolute atomic E-state index is 13.2. The molecule has 1 amide bonds. The molecule has 2 aliphatic rings. The standard InChI is InChI=1S/C22H23N5O5S2/c23-18-10-9-17-21(25-18)33-22(24-17)26-20(29)19(27-32-14-4-3-13(28)11-14)12-1-5-15(6-2-12)34(30,31)16-7-8-16/h1-2,5-6,9-10,13-14,16,28H,3-4,7-8,11H2,(H2,23,25)(H,24,26,29)/b27-19+/t13-,14-/m1/s1. The zero-order valence-corrected chi connectivity index (χ0v) is 19.7. The first-order valence-electron chi connectivity index (χ1n) is 10.9. The van der Waals surface area contributed by atoms with Gasteiger partial charge in [-0.25, -0.2) is 18.4 Å². The first kappa shape index (κ1) is 22.7. The Morgan fingerprint density at radius 1 is 1.12 bits per heavy atom. The molecule has 0 saturated heterocycles. The smallest absolute Gasteiger partial charge is 0.280 e. The molecule has 1 aromatic carbocycles. The summed E-state index contributed by atoms with van der Waals surface area (Å²) in [4.78, 5) is 28.1. The molecule has 2 fully saturated rings. The van der Waals surface area contributed by atoms with Crippen molar-refractivity contribution >= 4 is 54.1 Å². The van der Waals surface area contributed by atoms with Gasteiger partial charge in [0.05, 0.1) is 16.2 Å². The van der Waals surface area contributed by atoms with Crippen LogP contribution < -0.4 is 11.1 Å². The number of oxime groups is 1. The van der Waals surface area contributed by atoms with Crippen molar-refractivity contribution in [3.8, 4) is 0 Å². The summed E-state index contributed by atoms with van der Waals surface area (Å²) in [6.07, 6.45) is 2.25. The Morgan fingerprint density at radius 2 is 1.88 bits per heavy atom. The third-order valence-corrected chi connectivity index (χ3v) is 8.94. The zero-order valence-electron chi connectivity index (χ0n) is 18.0. The van der Waals surface area contributed by atoms with Crippen LogP contribution in [-0.2, 0) is 19.5 Å². The highest BCUT2D eigenvalue weighted by atomic mass is 32.2. The Hall–Kier alpha value is -3.09. The predicted molar refractivity (Wildman–Crippen MR) is 128 cm³/mol. The molecular weight excluding hydrogens is 478 g/mol.